The van der Waals surface area contributed by atoms with Crippen molar-refractivity contribution in [1.82, 2.24) is 4.90 Å². The molecule has 0 spiro atoms. The lowest BCUT2D eigenvalue weighted by Crippen LogP contribution is -2.27. The number of β-amino-alcohol motifs (C(OH)–C–C–N with tert-alkyl or cyclic N) is 1. The molecule has 1 aliphatic rings. The molecule has 1 heterocycles. The van der Waals surface area contributed by atoms with E-state index in [1.165, 1.54) is 0 Å². The summed E-state index contributed by atoms with van der Waals surface area (Å²) in [5.41, 5.74) is 0.973. The normalized spacial score (nSPS) is 20.1. The number of hydrogen-bond donors (Lipinski definition) is 1. The van der Waals surface area contributed by atoms with Crippen LogP contribution in [-0.4, -0.2) is 35.1 Å². The number of aliphatic hydroxyl groups is 1. The molecule has 1 N–H and O–H groups in total. The van der Waals surface area contributed by atoms with E-state index in [1.54, 1.807) is 17.1 Å². The molecule has 17 heavy (non-hydrogen) atoms. The molecule has 1 aromatic carbocycles. The van der Waals surface area contributed by atoms with E-state index >= 15 is 0 Å². The van der Waals surface area contributed by atoms with Gasteiger partial charge in [-0.15, -0.1) is 0 Å². The number of benzene rings is 1. The first-order valence-corrected chi connectivity index (χ1v) is 6.35. The summed E-state index contributed by atoms with van der Waals surface area (Å²) in [4.78, 5) is 13.5. The number of carbonyl (C=O) groups is 1. The number of hydrogen-bond acceptors (Lipinski definition) is 2. The van der Waals surface area contributed by atoms with E-state index in [0.29, 0.717) is 19.5 Å². The Hall–Kier alpha value is -1.13. The SMILES string of the molecule is O=C(C=Cc1ccccc1Br)N1CC[C@@H](O)C1. The van der Waals surface area contributed by atoms with Crippen molar-refractivity contribution >= 4 is 27.9 Å². The second kappa shape index (κ2) is 5.47. The number of likely N-dealkylation sites (tertiary alicyclic amines) is 1. The van der Waals surface area contributed by atoms with Gasteiger partial charge in [-0.1, -0.05) is 34.1 Å². The van der Waals surface area contributed by atoms with Crippen molar-refractivity contribution in [3.8, 4) is 0 Å². The summed E-state index contributed by atoms with van der Waals surface area (Å²) < 4.78 is 0.963. The molecule has 2 rings (SSSR count). The predicted molar refractivity (Wildman–Crippen MR) is 70.4 cm³/mol. The first-order valence-electron chi connectivity index (χ1n) is 5.56. The van der Waals surface area contributed by atoms with Crippen LogP contribution >= 0.6 is 15.9 Å². The molecule has 1 atom stereocenters. The fourth-order valence-corrected chi connectivity index (χ4v) is 2.24. The lowest BCUT2D eigenvalue weighted by Gasteiger charge is -2.12. The first kappa shape index (κ1) is 12.3. The highest BCUT2D eigenvalue weighted by Gasteiger charge is 2.22. The smallest absolute Gasteiger partial charge is 0.246 e. The molecule has 0 unspecified atom stereocenters. The largest absolute Gasteiger partial charge is 0.391 e. The molecule has 0 radical (unpaired) electrons. The fraction of sp³-hybridized carbons (Fsp3) is 0.308. The molecule has 1 aliphatic heterocycles. The highest BCUT2D eigenvalue weighted by atomic mass is 79.9. The van der Waals surface area contributed by atoms with Gasteiger partial charge in [0.1, 0.15) is 0 Å². The summed E-state index contributed by atoms with van der Waals surface area (Å²) in [5.74, 6) is -0.0442. The Balaban J connectivity index is 2.01. The van der Waals surface area contributed by atoms with Gasteiger partial charge in [0.05, 0.1) is 6.10 Å². The quantitative estimate of drug-likeness (QED) is 0.849. The molecule has 0 saturated carbocycles. The molecule has 1 saturated heterocycles. The van der Waals surface area contributed by atoms with E-state index in [2.05, 4.69) is 15.9 Å². The molecule has 1 amide bonds. The van der Waals surface area contributed by atoms with Gasteiger partial charge in [0.15, 0.2) is 0 Å². The van der Waals surface area contributed by atoms with Crippen LogP contribution in [0.25, 0.3) is 6.08 Å². The molecule has 90 valence electrons. The third-order valence-electron chi connectivity index (χ3n) is 2.79. The highest BCUT2D eigenvalue weighted by Crippen LogP contribution is 2.17. The Morgan fingerprint density at radius 3 is 2.88 bits per heavy atom. The maximum atomic E-state index is 11.8. The zero-order valence-corrected chi connectivity index (χ0v) is 10.9. The van der Waals surface area contributed by atoms with Gasteiger partial charge in [0.2, 0.25) is 5.91 Å². The number of carbonyl (C=O) groups excluding carboxylic acids is 1. The molecular formula is C13H14BrNO2. The summed E-state index contributed by atoms with van der Waals surface area (Å²) in [7, 11) is 0. The van der Waals surface area contributed by atoms with Crippen LogP contribution in [0.1, 0.15) is 12.0 Å². The molecule has 4 heteroatoms. The average Bonchev–Trinajstić information content (AvgIpc) is 2.74. The van der Waals surface area contributed by atoms with Gasteiger partial charge >= 0.3 is 0 Å². The van der Waals surface area contributed by atoms with Crippen molar-refractivity contribution < 1.29 is 9.90 Å². The second-order valence-electron chi connectivity index (χ2n) is 4.08. The van der Waals surface area contributed by atoms with Crippen LogP contribution in [-0.2, 0) is 4.79 Å². The standard InChI is InChI=1S/C13H14BrNO2/c14-12-4-2-1-3-10(12)5-6-13(17)15-8-7-11(16)9-15/h1-6,11,16H,7-9H2/t11-/m1/s1. The Labute approximate surface area is 109 Å². The Bertz CT molecular complexity index is 445. The van der Waals surface area contributed by atoms with Gasteiger partial charge in [-0.2, -0.15) is 0 Å². The third-order valence-corrected chi connectivity index (χ3v) is 3.51. The molecule has 1 fully saturated rings. The summed E-state index contributed by atoms with van der Waals surface area (Å²) in [6.07, 6.45) is 3.65. The van der Waals surface area contributed by atoms with Crippen molar-refractivity contribution in [2.75, 3.05) is 13.1 Å². The molecule has 3 nitrogen and oxygen atoms in total. The van der Waals surface area contributed by atoms with Crippen molar-refractivity contribution in [2.45, 2.75) is 12.5 Å². The van der Waals surface area contributed by atoms with Gasteiger partial charge in [0, 0.05) is 23.6 Å². The van der Waals surface area contributed by atoms with E-state index in [4.69, 9.17) is 0 Å². The molecule has 1 aromatic rings. The van der Waals surface area contributed by atoms with Crippen LogP contribution in [0.5, 0.6) is 0 Å². The van der Waals surface area contributed by atoms with Crippen LogP contribution < -0.4 is 0 Å². The minimum atomic E-state index is -0.365. The van der Waals surface area contributed by atoms with Crippen molar-refractivity contribution in [1.29, 1.82) is 0 Å². The van der Waals surface area contributed by atoms with E-state index in [0.717, 1.165) is 10.0 Å². The van der Waals surface area contributed by atoms with E-state index < -0.39 is 0 Å². The highest BCUT2D eigenvalue weighted by molar-refractivity contribution is 9.10. The second-order valence-corrected chi connectivity index (χ2v) is 4.94. The van der Waals surface area contributed by atoms with Gasteiger partial charge in [-0.3, -0.25) is 4.79 Å². The van der Waals surface area contributed by atoms with Crippen molar-refractivity contribution in [3.05, 3.63) is 40.4 Å². The van der Waals surface area contributed by atoms with Gasteiger partial charge in [0.25, 0.3) is 0 Å². The van der Waals surface area contributed by atoms with E-state index in [9.17, 15) is 9.90 Å². The van der Waals surface area contributed by atoms with Crippen molar-refractivity contribution in [2.24, 2.45) is 0 Å². The van der Waals surface area contributed by atoms with Crippen LogP contribution in [0.15, 0.2) is 34.8 Å². The first-order chi connectivity index (χ1) is 8.16. The zero-order valence-electron chi connectivity index (χ0n) is 9.34. The summed E-state index contributed by atoms with van der Waals surface area (Å²) in [5, 5.41) is 9.35. The topological polar surface area (TPSA) is 40.5 Å². The zero-order chi connectivity index (χ0) is 12.3. The van der Waals surface area contributed by atoms with E-state index in [-0.39, 0.29) is 12.0 Å². The number of rotatable bonds is 2. The number of nitrogens with zero attached hydrogens (tertiary/aromatic N) is 1. The summed E-state index contributed by atoms with van der Waals surface area (Å²) in [6, 6.07) is 7.73. The van der Waals surface area contributed by atoms with Gasteiger partial charge < -0.3 is 10.0 Å². The predicted octanol–water partition coefficient (Wildman–Crippen LogP) is 2.06. The fourth-order valence-electron chi connectivity index (χ4n) is 1.82. The monoisotopic (exact) mass is 295 g/mol. The summed E-state index contributed by atoms with van der Waals surface area (Å²) >= 11 is 3.42. The maximum absolute atomic E-state index is 11.8. The Morgan fingerprint density at radius 1 is 1.47 bits per heavy atom. The Morgan fingerprint density at radius 2 is 2.24 bits per heavy atom. The average molecular weight is 296 g/mol. The lowest BCUT2D eigenvalue weighted by atomic mass is 10.2. The molecule has 0 aliphatic carbocycles. The Kier molecular flexibility index (Phi) is 3.97. The molecule has 0 bridgehead atoms. The minimum absolute atomic E-state index is 0.0442. The van der Waals surface area contributed by atoms with Gasteiger partial charge in [-0.25, -0.2) is 0 Å². The molecule has 0 aromatic heterocycles. The number of halogens is 1. The number of aliphatic hydroxyl groups excluding tert-OH is 1. The van der Waals surface area contributed by atoms with Crippen LogP contribution in [0.4, 0.5) is 0 Å². The lowest BCUT2D eigenvalue weighted by molar-refractivity contribution is -0.125. The van der Waals surface area contributed by atoms with Gasteiger partial charge in [-0.05, 0) is 24.1 Å². The van der Waals surface area contributed by atoms with Crippen molar-refractivity contribution in [3.63, 3.8) is 0 Å². The maximum Gasteiger partial charge on any atom is 0.246 e. The van der Waals surface area contributed by atoms with E-state index in [1.807, 2.05) is 24.3 Å². The molecular weight excluding hydrogens is 282 g/mol. The minimum Gasteiger partial charge on any atom is -0.391 e. The third kappa shape index (κ3) is 3.17. The number of amides is 1. The van der Waals surface area contributed by atoms with Crippen LogP contribution in [0.3, 0.4) is 0 Å². The van der Waals surface area contributed by atoms with Crippen LogP contribution in [0.2, 0.25) is 0 Å². The summed E-state index contributed by atoms with van der Waals surface area (Å²) in [6.45, 7) is 1.08. The van der Waals surface area contributed by atoms with Crippen LogP contribution in [0, 0.1) is 0 Å².